The van der Waals surface area contributed by atoms with Crippen LogP contribution in [0.15, 0.2) is 98.8 Å². The molecule has 212 valence electrons. The van der Waals surface area contributed by atoms with Crippen molar-refractivity contribution >= 4 is 35.0 Å². The van der Waals surface area contributed by atoms with Crippen molar-refractivity contribution in [3.8, 4) is 17.1 Å². The number of hydrogen-bond acceptors (Lipinski definition) is 10. The second-order valence-corrected chi connectivity index (χ2v) is 10.2. The van der Waals surface area contributed by atoms with Crippen LogP contribution in [0.1, 0.15) is 31.2 Å². The van der Waals surface area contributed by atoms with Crippen molar-refractivity contribution in [3.05, 3.63) is 126 Å². The molecule has 1 aliphatic heterocycles. The van der Waals surface area contributed by atoms with Gasteiger partial charge in [0.05, 0.1) is 26.8 Å². The summed E-state index contributed by atoms with van der Waals surface area (Å²) >= 11 is 1.12. The molecule has 2 aromatic carbocycles. The minimum atomic E-state index is -0.871. The van der Waals surface area contributed by atoms with Crippen LogP contribution in [0.4, 0.5) is 5.69 Å². The zero-order chi connectivity index (χ0) is 30.0. The Labute approximate surface area is 242 Å². The van der Waals surface area contributed by atoms with E-state index in [2.05, 4.69) is 11.6 Å². The smallest absolute Gasteiger partial charge is 0.338 e. The Bertz CT molecular complexity index is 1950. The van der Waals surface area contributed by atoms with Crippen molar-refractivity contribution < 1.29 is 28.4 Å². The molecule has 0 bridgehead atoms. The van der Waals surface area contributed by atoms with E-state index in [0.717, 1.165) is 11.3 Å². The van der Waals surface area contributed by atoms with Gasteiger partial charge in [-0.25, -0.2) is 9.79 Å². The van der Waals surface area contributed by atoms with Gasteiger partial charge < -0.3 is 13.9 Å². The molecule has 0 N–H and O–H groups in total. The molecule has 4 aromatic rings. The molecule has 1 atom stereocenters. The van der Waals surface area contributed by atoms with Crippen LogP contribution in [-0.2, 0) is 14.3 Å². The minimum absolute atomic E-state index is 0.0243. The van der Waals surface area contributed by atoms with Crippen molar-refractivity contribution in [1.82, 2.24) is 4.57 Å². The third-order valence-electron chi connectivity index (χ3n) is 6.27. The number of non-ortho nitro benzene ring substituents is 1. The number of nitro benzene ring substituents is 1. The number of aromatic nitrogens is 1. The molecule has 5 rings (SSSR count). The highest BCUT2D eigenvalue weighted by atomic mass is 32.1. The lowest BCUT2D eigenvalue weighted by molar-refractivity contribution is -0.384. The van der Waals surface area contributed by atoms with Gasteiger partial charge >= 0.3 is 11.9 Å². The van der Waals surface area contributed by atoms with Crippen LogP contribution in [0, 0.1) is 10.1 Å². The highest BCUT2D eigenvalue weighted by Crippen LogP contribution is 2.32. The Morgan fingerprint density at radius 2 is 1.95 bits per heavy atom. The molecular formula is C30H23N3O8S. The summed E-state index contributed by atoms with van der Waals surface area (Å²) in [4.78, 5) is 53.9. The number of carbonyl (C=O) groups is 2. The van der Waals surface area contributed by atoms with E-state index in [1.165, 1.54) is 29.7 Å². The number of hydrogen-bond donors (Lipinski definition) is 0. The van der Waals surface area contributed by atoms with Crippen LogP contribution < -0.4 is 19.6 Å². The van der Waals surface area contributed by atoms with Crippen LogP contribution >= 0.6 is 11.3 Å². The Kier molecular flexibility index (Phi) is 7.80. The highest BCUT2D eigenvalue weighted by molar-refractivity contribution is 7.07. The molecule has 0 aliphatic carbocycles. The van der Waals surface area contributed by atoms with Crippen LogP contribution in [-0.4, -0.2) is 28.0 Å². The zero-order valence-corrected chi connectivity index (χ0v) is 23.3. The standard InChI is InChI=1S/C30H23N3O8S/c1-4-14-39-29(36)26-17(2)31-30-32(27(26)19-8-10-22(11-9-19)40-18(3)34)28(35)25(42-30)16-23-12-13-24(41-23)20-6-5-7-21(15-20)33(37)38/h4-13,15-16,27H,1,14H2,2-3H3/b25-16-. The first-order valence-electron chi connectivity index (χ1n) is 12.6. The molecule has 42 heavy (non-hydrogen) atoms. The number of furan rings is 1. The molecule has 0 spiro atoms. The van der Waals surface area contributed by atoms with Gasteiger partial charge in [0.15, 0.2) is 4.80 Å². The van der Waals surface area contributed by atoms with Crippen molar-refractivity contribution in [2.75, 3.05) is 6.61 Å². The lowest BCUT2D eigenvalue weighted by Crippen LogP contribution is -2.39. The van der Waals surface area contributed by atoms with Crippen molar-refractivity contribution in [1.29, 1.82) is 0 Å². The lowest BCUT2D eigenvalue weighted by Gasteiger charge is -2.24. The summed E-state index contributed by atoms with van der Waals surface area (Å²) in [7, 11) is 0. The monoisotopic (exact) mass is 585 g/mol. The lowest BCUT2D eigenvalue weighted by atomic mass is 9.96. The molecule has 1 unspecified atom stereocenters. The van der Waals surface area contributed by atoms with E-state index >= 15 is 0 Å². The number of nitro groups is 1. The fraction of sp³-hybridized carbons (Fsp3) is 0.133. The maximum atomic E-state index is 13.8. The maximum absolute atomic E-state index is 13.8. The zero-order valence-electron chi connectivity index (χ0n) is 22.4. The van der Waals surface area contributed by atoms with Crippen LogP contribution in [0.25, 0.3) is 17.4 Å². The summed E-state index contributed by atoms with van der Waals surface area (Å²) in [6.07, 6.45) is 3.00. The van der Waals surface area contributed by atoms with Crippen molar-refractivity contribution in [2.24, 2.45) is 4.99 Å². The second-order valence-electron chi connectivity index (χ2n) is 9.14. The van der Waals surface area contributed by atoms with Crippen LogP contribution in [0.3, 0.4) is 0 Å². The normalized spacial score (nSPS) is 14.6. The number of thiazole rings is 1. The molecule has 0 radical (unpaired) electrons. The van der Waals surface area contributed by atoms with Gasteiger partial charge in [0.2, 0.25) is 0 Å². The van der Waals surface area contributed by atoms with Gasteiger partial charge in [-0.15, -0.1) is 0 Å². The van der Waals surface area contributed by atoms with Crippen molar-refractivity contribution in [2.45, 2.75) is 19.9 Å². The van der Waals surface area contributed by atoms with E-state index in [1.54, 1.807) is 61.5 Å². The molecule has 2 aromatic heterocycles. The molecule has 0 fully saturated rings. The number of benzene rings is 2. The van der Waals surface area contributed by atoms with Gasteiger partial charge in [-0.1, -0.05) is 48.3 Å². The topological polar surface area (TPSA) is 143 Å². The molecule has 11 nitrogen and oxygen atoms in total. The number of esters is 2. The summed E-state index contributed by atoms with van der Waals surface area (Å²) in [5, 5.41) is 11.2. The summed E-state index contributed by atoms with van der Waals surface area (Å²) in [6.45, 7) is 6.51. The molecule has 12 heteroatoms. The second kappa shape index (κ2) is 11.6. The van der Waals surface area contributed by atoms with Crippen LogP contribution in [0.5, 0.6) is 5.75 Å². The SMILES string of the molecule is C=CCOC(=O)C1=C(C)N=c2s/c(=C\c3ccc(-c4cccc([N+](=O)[O-])c4)o3)c(=O)n2C1c1ccc(OC(C)=O)cc1. The molecule has 0 saturated heterocycles. The first kappa shape index (κ1) is 28.2. The molecule has 0 amide bonds. The fourth-order valence-electron chi connectivity index (χ4n) is 4.48. The Morgan fingerprint density at radius 1 is 1.19 bits per heavy atom. The minimum Gasteiger partial charge on any atom is -0.458 e. The Morgan fingerprint density at radius 3 is 2.64 bits per heavy atom. The number of fused-ring (bicyclic) bond motifs is 1. The number of ether oxygens (including phenoxy) is 2. The Balaban J connectivity index is 1.59. The van der Waals surface area contributed by atoms with E-state index in [0.29, 0.717) is 43.4 Å². The third kappa shape index (κ3) is 5.60. The fourth-order valence-corrected chi connectivity index (χ4v) is 5.51. The first-order valence-corrected chi connectivity index (χ1v) is 13.4. The van der Waals surface area contributed by atoms with E-state index in [4.69, 9.17) is 13.9 Å². The predicted molar refractivity (Wildman–Crippen MR) is 153 cm³/mol. The third-order valence-corrected chi connectivity index (χ3v) is 7.26. The molecule has 0 saturated carbocycles. The van der Waals surface area contributed by atoms with E-state index in [1.807, 2.05) is 0 Å². The van der Waals surface area contributed by atoms with Crippen molar-refractivity contribution in [3.63, 3.8) is 0 Å². The highest BCUT2D eigenvalue weighted by Gasteiger charge is 2.33. The van der Waals surface area contributed by atoms with Gasteiger partial charge in [-0.3, -0.25) is 24.3 Å². The molecular weight excluding hydrogens is 562 g/mol. The molecule has 3 heterocycles. The van der Waals surface area contributed by atoms with Gasteiger partial charge in [-0.2, -0.15) is 0 Å². The average molecular weight is 586 g/mol. The van der Waals surface area contributed by atoms with Gasteiger partial charge in [0.1, 0.15) is 23.9 Å². The van der Waals surface area contributed by atoms with Gasteiger partial charge in [0.25, 0.3) is 11.2 Å². The Hall–Kier alpha value is -5.36. The summed E-state index contributed by atoms with van der Waals surface area (Å²) in [5.74, 6) is -0.0664. The quantitative estimate of drug-likeness (QED) is 0.0991. The van der Waals surface area contributed by atoms with Gasteiger partial charge in [-0.05, 0) is 36.8 Å². The van der Waals surface area contributed by atoms with E-state index in [9.17, 15) is 24.5 Å². The number of rotatable bonds is 8. The van der Waals surface area contributed by atoms with Gasteiger partial charge in [0, 0.05) is 30.7 Å². The largest absolute Gasteiger partial charge is 0.458 e. The number of nitrogens with zero attached hydrogens (tertiary/aromatic N) is 3. The predicted octanol–water partition coefficient (Wildman–Crippen LogP) is 4.06. The summed E-state index contributed by atoms with van der Waals surface area (Å²) in [6, 6.07) is 15.0. The summed E-state index contributed by atoms with van der Waals surface area (Å²) < 4.78 is 18.1. The molecule has 1 aliphatic rings. The van der Waals surface area contributed by atoms with E-state index in [-0.39, 0.29) is 17.9 Å². The van der Waals surface area contributed by atoms with Crippen LogP contribution in [0.2, 0.25) is 0 Å². The summed E-state index contributed by atoms with van der Waals surface area (Å²) in [5.41, 5.74) is 1.17. The van der Waals surface area contributed by atoms with E-state index < -0.39 is 28.5 Å². The average Bonchev–Trinajstić information content (AvgIpc) is 3.55. The first-order chi connectivity index (χ1) is 20.2. The number of allylic oxidation sites excluding steroid dienone is 1. The number of carbonyl (C=O) groups excluding carboxylic acids is 2. The maximum Gasteiger partial charge on any atom is 0.338 e.